The number of ether oxygens (including phenoxy) is 1. The van der Waals surface area contributed by atoms with E-state index in [0.29, 0.717) is 0 Å². The quantitative estimate of drug-likeness (QED) is 0.748. The molecule has 0 unspecified atom stereocenters. The van der Waals surface area contributed by atoms with E-state index in [9.17, 15) is 0 Å². The van der Waals surface area contributed by atoms with Gasteiger partial charge in [-0.1, -0.05) is 0 Å². The first-order valence-electron chi connectivity index (χ1n) is 4.86. The van der Waals surface area contributed by atoms with Crippen molar-refractivity contribution in [2.24, 2.45) is 0 Å². The largest absolute Gasteiger partial charge is 0.502 e. The molecule has 0 aliphatic heterocycles. The summed E-state index contributed by atoms with van der Waals surface area (Å²) in [5.74, 6) is 1.96. The van der Waals surface area contributed by atoms with Gasteiger partial charge in [0.2, 0.25) is 0 Å². The molecule has 1 aromatic heterocycles. The van der Waals surface area contributed by atoms with Crippen LogP contribution in [0.2, 0.25) is 0 Å². The monoisotopic (exact) mass is 194 g/mol. The summed E-state index contributed by atoms with van der Waals surface area (Å²) in [6, 6.07) is 0. The summed E-state index contributed by atoms with van der Waals surface area (Å²) in [7, 11) is 1.69. The van der Waals surface area contributed by atoms with E-state index in [2.05, 4.69) is 23.0 Å². The molecule has 1 aromatic rings. The predicted octanol–water partition coefficient (Wildman–Crippen LogP) is 2.51. The van der Waals surface area contributed by atoms with Gasteiger partial charge in [0, 0.05) is 5.69 Å². The molecule has 0 bridgehead atoms. The maximum atomic E-state index is 5.06. The molecule has 1 heterocycles. The molecule has 0 saturated carbocycles. The van der Waals surface area contributed by atoms with E-state index in [0.717, 1.165) is 30.1 Å². The van der Waals surface area contributed by atoms with E-state index in [4.69, 9.17) is 4.74 Å². The maximum Gasteiger partial charge on any atom is 0.103 e. The van der Waals surface area contributed by atoms with Crippen molar-refractivity contribution < 1.29 is 4.74 Å². The number of H-pyrrole nitrogens is 1. The highest BCUT2D eigenvalue weighted by atomic mass is 16.5. The molecule has 1 rings (SSSR count). The molecule has 0 spiro atoms. The number of rotatable bonds is 4. The molecule has 0 atom stereocenters. The number of methoxy groups -OCH3 is 1. The second-order valence-electron chi connectivity index (χ2n) is 3.45. The third-order valence-electron chi connectivity index (χ3n) is 2.24. The Kier molecular flexibility index (Phi) is 3.74. The lowest BCUT2D eigenvalue weighted by atomic mass is 10.2. The van der Waals surface area contributed by atoms with E-state index in [-0.39, 0.29) is 0 Å². The molecule has 0 amide bonds. The zero-order chi connectivity index (χ0) is 10.6. The standard InChI is InChI=1S/C11H18N2O/c1-8(14-4)6-5-7-11-9(2)12-10(3)13-11/h6H,5,7H2,1-4H3,(H,12,13)/b8-6+. The van der Waals surface area contributed by atoms with E-state index >= 15 is 0 Å². The normalized spacial score (nSPS) is 11.9. The topological polar surface area (TPSA) is 37.9 Å². The number of aromatic amines is 1. The minimum absolute atomic E-state index is 0.968. The molecule has 1 N–H and O–H groups in total. The van der Waals surface area contributed by atoms with Crippen molar-refractivity contribution in [1.29, 1.82) is 0 Å². The van der Waals surface area contributed by atoms with Crippen molar-refractivity contribution in [3.8, 4) is 0 Å². The van der Waals surface area contributed by atoms with Crippen LogP contribution in [0.3, 0.4) is 0 Å². The molecule has 0 radical (unpaired) electrons. The molecule has 3 nitrogen and oxygen atoms in total. The fraction of sp³-hybridized carbons (Fsp3) is 0.545. The van der Waals surface area contributed by atoms with Gasteiger partial charge in [0.05, 0.1) is 18.6 Å². The summed E-state index contributed by atoms with van der Waals surface area (Å²) in [5.41, 5.74) is 2.33. The highest BCUT2D eigenvalue weighted by Gasteiger charge is 2.02. The Morgan fingerprint density at radius 3 is 2.71 bits per heavy atom. The van der Waals surface area contributed by atoms with Gasteiger partial charge in [-0.15, -0.1) is 0 Å². The van der Waals surface area contributed by atoms with Gasteiger partial charge < -0.3 is 9.72 Å². The molecule has 78 valence electrons. The summed E-state index contributed by atoms with van der Waals surface area (Å²) in [6.07, 6.45) is 4.03. The third kappa shape index (κ3) is 2.91. The lowest BCUT2D eigenvalue weighted by Crippen LogP contribution is -1.88. The molecular formula is C11H18N2O. The third-order valence-corrected chi connectivity index (χ3v) is 2.24. The van der Waals surface area contributed by atoms with Crippen LogP contribution < -0.4 is 0 Å². The maximum absolute atomic E-state index is 5.06. The Labute approximate surface area is 85.2 Å². The van der Waals surface area contributed by atoms with Gasteiger partial charge in [0.1, 0.15) is 5.82 Å². The SMILES string of the molecule is CO/C(C)=C/CCc1nc(C)[nH]c1C. The van der Waals surface area contributed by atoms with Crippen molar-refractivity contribution >= 4 is 0 Å². The van der Waals surface area contributed by atoms with Gasteiger partial charge in [-0.2, -0.15) is 0 Å². The number of aromatic nitrogens is 2. The Balaban J connectivity index is 2.50. The average Bonchev–Trinajstić information content (AvgIpc) is 2.45. The molecule has 0 aliphatic carbocycles. The number of imidazole rings is 1. The molecule has 0 saturated heterocycles. The number of hydrogen-bond donors (Lipinski definition) is 1. The lowest BCUT2D eigenvalue weighted by molar-refractivity contribution is 0.292. The van der Waals surface area contributed by atoms with Crippen LogP contribution in [0.4, 0.5) is 0 Å². The minimum Gasteiger partial charge on any atom is -0.502 e. The number of allylic oxidation sites excluding steroid dienone is 2. The van der Waals surface area contributed by atoms with Gasteiger partial charge in [0.15, 0.2) is 0 Å². The second-order valence-corrected chi connectivity index (χ2v) is 3.45. The van der Waals surface area contributed by atoms with Crippen LogP contribution in [0.5, 0.6) is 0 Å². The van der Waals surface area contributed by atoms with Crippen molar-refractivity contribution in [3.05, 3.63) is 29.0 Å². The molecule has 0 aliphatic rings. The average molecular weight is 194 g/mol. The summed E-state index contributed by atoms with van der Waals surface area (Å²) < 4.78 is 5.06. The van der Waals surface area contributed by atoms with Crippen molar-refractivity contribution in [1.82, 2.24) is 9.97 Å². The minimum atomic E-state index is 0.968. The zero-order valence-electron chi connectivity index (χ0n) is 9.35. The summed E-state index contributed by atoms with van der Waals surface area (Å²) in [4.78, 5) is 7.60. The fourth-order valence-electron chi connectivity index (χ4n) is 1.40. The Bertz CT molecular complexity index is 326. The summed E-state index contributed by atoms with van der Waals surface area (Å²) in [5, 5.41) is 0. The molecule has 14 heavy (non-hydrogen) atoms. The van der Waals surface area contributed by atoms with Gasteiger partial charge >= 0.3 is 0 Å². The van der Waals surface area contributed by atoms with Crippen LogP contribution in [0, 0.1) is 13.8 Å². The Morgan fingerprint density at radius 2 is 2.21 bits per heavy atom. The van der Waals surface area contributed by atoms with Crippen LogP contribution in [0.1, 0.15) is 30.6 Å². The smallest absolute Gasteiger partial charge is 0.103 e. The van der Waals surface area contributed by atoms with Gasteiger partial charge in [-0.05, 0) is 39.7 Å². The van der Waals surface area contributed by atoms with Crippen molar-refractivity contribution in [2.75, 3.05) is 7.11 Å². The molecule has 3 heteroatoms. The second kappa shape index (κ2) is 4.84. The van der Waals surface area contributed by atoms with Crippen LogP contribution in [-0.4, -0.2) is 17.1 Å². The van der Waals surface area contributed by atoms with E-state index in [1.807, 2.05) is 13.8 Å². The Hall–Kier alpha value is -1.25. The predicted molar refractivity (Wildman–Crippen MR) is 57.1 cm³/mol. The lowest BCUT2D eigenvalue weighted by Gasteiger charge is -1.98. The van der Waals surface area contributed by atoms with Gasteiger partial charge in [0.25, 0.3) is 0 Å². The molecular weight excluding hydrogens is 176 g/mol. The van der Waals surface area contributed by atoms with Crippen LogP contribution >= 0.6 is 0 Å². The van der Waals surface area contributed by atoms with E-state index in [1.165, 1.54) is 5.69 Å². The highest BCUT2D eigenvalue weighted by Crippen LogP contribution is 2.08. The number of hydrogen-bond acceptors (Lipinski definition) is 2. The summed E-state index contributed by atoms with van der Waals surface area (Å²) >= 11 is 0. The number of aryl methyl sites for hydroxylation is 3. The van der Waals surface area contributed by atoms with Crippen molar-refractivity contribution in [3.63, 3.8) is 0 Å². The molecule has 0 fully saturated rings. The van der Waals surface area contributed by atoms with E-state index < -0.39 is 0 Å². The Morgan fingerprint density at radius 1 is 1.50 bits per heavy atom. The van der Waals surface area contributed by atoms with Crippen LogP contribution in [0.25, 0.3) is 0 Å². The van der Waals surface area contributed by atoms with Gasteiger partial charge in [-0.3, -0.25) is 0 Å². The van der Waals surface area contributed by atoms with Crippen LogP contribution in [0.15, 0.2) is 11.8 Å². The number of nitrogens with one attached hydrogen (secondary N) is 1. The molecule has 0 aromatic carbocycles. The highest BCUT2D eigenvalue weighted by molar-refractivity contribution is 5.13. The first-order valence-corrected chi connectivity index (χ1v) is 4.86. The first kappa shape index (κ1) is 10.8. The fourth-order valence-corrected chi connectivity index (χ4v) is 1.40. The van der Waals surface area contributed by atoms with Crippen molar-refractivity contribution in [2.45, 2.75) is 33.6 Å². The number of nitrogens with zero attached hydrogens (tertiary/aromatic N) is 1. The summed E-state index contributed by atoms with van der Waals surface area (Å²) in [6.45, 7) is 6.00. The first-order chi connectivity index (χ1) is 6.63. The van der Waals surface area contributed by atoms with Gasteiger partial charge in [-0.25, -0.2) is 4.98 Å². The zero-order valence-corrected chi connectivity index (χ0v) is 9.35. The van der Waals surface area contributed by atoms with Crippen LogP contribution in [-0.2, 0) is 11.2 Å². The van der Waals surface area contributed by atoms with E-state index in [1.54, 1.807) is 7.11 Å².